The van der Waals surface area contributed by atoms with Crippen LogP contribution >= 0.6 is 11.6 Å². The number of rotatable bonds is 3. The third-order valence-corrected chi connectivity index (χ3v) is 4.05. The van der Waals surface area contributed by atoms with Crippen molar-refractivity contribution in [1.82, 2.24) is 0 Å². The number of carbonyl (C=O) groups excluding carboxylic acids is 1. The highest BCUT2D eigenvalue weighted by molar-refractivity contribution is 6.31. The number of methoxy groups -OCH3 is 1. The van der Waals surface area contributed by atoms with Crippen LogP contribution in [-0.4, -0.2) is 12.9 Å². The summed E-state index contributed by atoms with van der Waals surface area (Å²) >= 11 is 5.97. The summed E-state index contributed by atoms with van der Waals surface area (Å²) in [6.45, 7) is 2.25. The Kier molecular flexibility index (Phi) is 4.28. The number of hydrogen-bond acceptors (Lipinski definition) is 2. The van der Waals surface area contributed by atoms with E-state index in [4.69, 9.17) is 16.3 Å². The van der Waals surface area contributed by atoms with Gasteiger partial charge < -0.3 is 4.74 Å². The smallest absolute Gasteiger partial charge is 0.169 e. The van der Waals surface area contributed by atoms with E-state index in [9.17, 15) is 4.79 Å². The minimum Gasteiger partial charge on any atom is -0.496 e. The number of ether oxygens (including phenoxy) is 1. The second kappa shape index (κ2) is 5.75. The predicted molar refractivity (Wildman–Crippen MR) is 73.5 cm³/mol. The van der Waals surface area contributed by atoms with Gasteiger partial charge in [0.2, 0.25) is 0 Å². The highest BCUT2D eigenvalue weighted by Gasteiger charge is 2.27. The van der Waals surface area contributed by atoms with E-state index in [0.717, 1.165) is 31.6 Å². The fourth-order valence-electron chi connectivity index (χ4n) is 2.61. The molecule has 2 rings (SSSR count). The summed E-state index contributed by atoms with van der Waals surface area (Å²) in [5.74, 6) is 1.69. The molecule has 1 fully saturated rings. The third-order valence-electron chi connectivity index (χ3n) is 3.81. The summed E-state index contributed by atoms with van der Waals surface area (Å²) in [7, 11) is 1.59. The number of carbonyl (C=O) groups is 1. The Morgan fingerprint density at radius 1 is 1.28 bits per heavy atom. The Balaban J connectivity index is 2.20. The van der Waals surface area contributed by atoms with Crippen molar-refractivity contribution in [2.24, 2.45) is 11.8 Å². The summed E-state index contributed by atoms with van der Waals surface area (Å²) < 4.78 is 5.25. The Bertz CT molecular complexity index is 434. The molecular weight excluding hydrogens is 248 g/mol. The molecule has 0 saturated heterocycles. The molecule has 0 aliphatic heterocycles. The number of benzene rings is 1. The van der Waals surface area contributed by atoms with Crippen molar-refractivity contribution in [2.45, 2.75) is 32.6 Å². The third kappa shape index (κ3) is 2.86. The van der Waals surface area contributed by atoms with E-state index in [-0.39, 0.29) is 11.7 Å². The molecule has 0 atom stereocenters. The van der Waals surface area contributed by atoms with Gasteiger partial charge in [-0.1, -0.05) is 31.4 Å². The maximum absolute atomic E-state index is 12.5. The van der Waals surface area contributed by atoms with Crippen LogP contribution in [0.2, 0.25) is 5.02 Å². The van der Waals surface area contributed by atoms with Crippen LogP contribution in [0.4, 0.5) is 0 Å². The number of halogens is 1. The van der Waals surface area contributed by atoms with Crippen LogP contribution in [0.25, 0.3) is 0 Å². The number of hydrogen-bond donors (Lipinski definition) is 0. The Labute approximate surface area is 113 Å². The molecule has 1 aliphatic carbocycles. The second-order valence-electron chi connectivity index (χ2n) is 5.17. The number of ketones is 1. The van der Waals surface area contributed by atoms with Crippen LogP contribution in [-0.2, 0) is 0 Å². The average Bonchev–Trinajstić information content (AvgIpc) is 2.39. The standard InChI is InChI=1S/C15H19ClO2/c1-10-3-5-11(6-4-10)15(17)13-9-12(16)7-8-14(13)18-2/h7-11H,3-6H2,1-2H3. The minimum absolute atomic E-state index is 0.133. The topological polar surface area (TPSA) is 26.3 Å². The van der Waals surface area contributed by atoms with Gasteiger partial charge in [0.15, 0.2) is 5.78 Å². The summed E-state index contributed by atoms with van der Waals surface area (Å²) in [6.07, 6.45) is 4.24. The first-order valence-corrected chi connectivity index (χ1v) is 6.87. The zero-order chi connectivity index (χ0) is 13.1. The van der Waals surface area contributed by atoms with E-state index in [0.29, 0.717) is 16.3 Å². The summed E-state index contributed by atoms with van der Waals surface area (Å²) in [6, 6.07) is 5.24. The highest BCUT2D eigenvalue weighted by atomic mass is 35.5. The molecule has 0 spiro atoms. The lowest BCUT2D eigenvalue weighted by molar-refractivity contribution is 0.0872. The zero-order valence-electron chi connectivity index (χ0n) is 10.9. The van der Waals surface area contributed by atoms with E-state index >= 15 is 0 Å². The van der Waals surface area contributed by atoms with Gasteiger partial charge in [-0.25, -0.2) is 0 Å². The lowest BCUT2D eigenvalue weighted by atomic mass is 9.79. The van der Waals surface area contributed by atoms with Gasteiger partial charge in [-0.2, -0.15) is 0 Å². The van der Waals surface area contributed by atoms with Crippen LogP contribution in [0.5, 0.6) is 5.75 Å². The molecule has 0 unspecified atom stereocenters. The average molecular weight is 267 g/mol. The molecule has 0 radical (unpaired) electrons. The summed E-state index contributed by atoms with van der Waals surface area (Å²) in [5.41, 5.74) is 0.629. The van der Waals surface area contributed by atoms with E-state index in [2.05, 4.69) is 6.92 Å². The van der Waals surface area contributed by atoms with Crippen molar-refractivity contribution in [3.63, 3.8) is 0 Å². The molecule has 0 amide bonds. The lowest BCUT2D eigenvalue weighted by Gasteiger charge is -2.25. The largest absolute Gasteiger partial charge is 0.496 e. The zero-order valence-corrected chi connectivity index (χ0v) is 11.7. The second-order valence-corrected chi connectivity index (χ2v) is 5.60. The molecule has 0 aromatic heterocycles. The van der Waals surface area contributed by atoms with Gasteiger partial charge >= 0.3 is 0 Å². The molecule has 1 aromatic carbocycles. The molecule has 18 heavy (non-hydrogen) atoms. The molecule has 2 nitrogen and oxygen atoms in total. The Morgan fingerprint density at radius 2 is 1.94 bits per heavy atom. The maximum Gasteiger partial charge on any atom is 0.169 e. The molecular formula is C15H19ClO2. The quantitative estimate of drug-likeness (QED) is 0.760. The summed E-state index contributed by atoms with van der Waals surface area (Å²) in [5, 5.41) is 0.586. The molecule has 1 saturated carbocycles. The van der Waals surface area contributed by atoms with Gasteiger partial charge in [0.25, 0.3) is 0 Å². The first kappa shape index (κ1) is 13.4. The monoisotopic (exact) mass is 266 g/mol. The van der Waals surface area contributed by atoms with Crippen molar-refractivity contribution in [2.75, 3.05) is 7.11 Å². The highest BCUT2D eigenvalue weighted by Crippen LogP contribution is 2.33. The molecule has 1 aliphatic rings. The molecule has 3 heteroatoms. The number of Topliss-reactive ketones (excluding diaryl/α,β-unsaturated/α-hetero) is 1. The molecule has 0 bridgehead atoms. The van der Waals surface area contributed by atoms with Crippen LogP contribution < -0.4 is 4.74 Å². The van der Waals surface area contributed by atoms with Crippen molar-refractivity contribution in [3.8, 4) is 5.75 Å². The van der Waals surface area contributed by atoms with E-state index in [1.54, 1.807) is 25.3 Å². The van der Waals surface area contributed by atoms with E-state index in [1.165, 1.54) is 0 Å². The van der Waals surface area contributed by atoms with E-state index in [1.807, 2.05) is 0 Å². The molecule has 0 N–H and O–H groups in total. The SMILES string of the molecule is COc1ccc(Cl)cc1C(=O)C1CCC(C)CC1. The first-order chi connectivity index (χ1) is 8.61. The normalized spacial score (nSPS) is 23.7. The van der Waals surface area contributed by atoms with Gasteiger partial charge in [0.05, 0.1) is 12.7 Å². The van der Waals surface area contributed by atoms with Crippen molar-refractivity contribution >= 4 is 17.4 Å². The molecule has 0 heterocycles. The van der Waals surface area contributed by atoms with Crippen molar-refractivity contribution < 1.29 is 9.53 Å². The minimum atomic E-state index is 0.133. The van der Waals surface area contributed by atoms with Crippen LogP contribution in [0.15, 0.2) is 18.2 Å². The summed E-state index contributed by atoms with van der Waals surface area (Å²) in [4.78, 5) is 12.5. The lowest BCUT2D eigenvalue weighted by Crippen LogP contribution is -2.21. The Morgan fingerprint density at radius 3 is 2.56 bits per heavy atom. The fourth-order valence-corrected chi connectivity index (χ4v) is 2.79. The van der Waals surface area contributed by atoms with Gasteiger partial charge in [-0.05, 0) is 37.0 Å². The van der Waals surface area contributed by atoms with Crippen molar-refractivity contribution in [1.29, 1.82) is 0 Å². The van der Waals surface area contributed by atoms with Gasteiger partial charge in [-0.3, -0.25) is 4.79 Å². The van der Waals surface area contributed by atoms with Gasteiger partial charge in [-0.15, -0.1) is 0 Å². The van der Waals surface area contributed by atoms with E-state index < -0.39 is 0 Å². The fraction of sp³-hybridized carbons (Fsp3) is 0.533. The Hall–Kier alpha value is -1.02. The van der Waals surface area contributed by atoms with Crippen LogP contribution in [0.3, 0.4) is 0 Å². The van der Waals surface area contributed by atoms with Crippen LogP contribution in [0, 0.1) is 11.8 Å². The van der Waals surface area contributed by atoms with Crippen molar-refractivity contribution in [3.05, 3.63) is 28.8 Å². The van der Waals surface area contributed by atoms with Gasteiger partial charge in [0.1, 0.15) is 5.75 Å². The van der Waals surface area contributed by atoms with Crippen LogP contribution in [0.1, 0.15) is 43.0 Å². The maximum atomic E-state index is 12.5. The molecule has 1 aromatic rings. The molecule has 98 valence electrons. The first-order valence-electron chi connectivity index (χ1n) is 6.49. The predicted octanol–water partition coefficient (Wildman–Crippen LogP) is 4.36. The van der Waals surface area contributed by atoms with Gasteiger partial charge in [0, 0.05) is 10.9 Å².